The third-order valence-corrected chi connectivity index (χ3v) is 3.28. The number of carbonyl (C=O) groups excluding carboxylic acids is 1. The Balaban J connectivity index is 2.08. The number of rotatable bonds is 4. The van der Waals surface area contributed by atoms with Gasteiger partial charge in [0.05, 0.1) is 11.7 Å². The van der Waals surface area contributed by atoms with Crippen molar-refractivity contribution < 1.29 is 14.6 Å². The normalized spacial score (nSPS) is 16.5. The monoisotopic (exact) mass is 295 g/mol. The maximum absolute atomic E-state index is 12.1. The van der Waals surface area contributed by atoms with Gasteiger partial charge in [-0.15, -0.1) is 0 Å². The third-order valence-electron chi connectivity index (χ3n) is 3.05. The fraction of sp³-hybridized carbons (Fsp3) is 0.400. The number of amides is 1. The van der Waals surface area contributed by atoms with Gasteiger partial charge in [-0.1, -0.05) is 11.6 Å². The van der Waals surface area contributed by atoms with Gasteiger partial charge < -0.3 is 15.2 Å². The van der Waals surface area contributed by atoms with Gasteiger partial charge in [-0.25, -0.2) is 0 Å². The Morgan fingerprint density at radius 3 is 2.95 bits per heavy atom. The lowest BCUT2D eigenvalue weighted by Crippen LogP contribution is -2.37. The van der Waals surface area contributed by atoms with Crippen molar-refractivity contribution in [1.29, 1.82) is 0 Å². The highest BCUT2D eigenvalue weighted by atomic mass is 35.5. The van der Waals surface area contributed by atoms with Gasteiger partial charge in [-0.3, -0.25) is 4.79 Å². The van der Waals surface area contributed by atoms with Crippen molar-refractivity contribution in [1.82, 2.24) is 5.32 Å². The molecule has 0 radical (unpaired) electrons. The molecule has 0 bridgehead atoms. The van der Waals surface area contributed by atoms with Crippen LogP contribution in [0.5, 0.6) is 5.75 Å². The maximum atomic E-state index is 12.1. The fourth-order valence-electron chi connectivity index (χ4n) is 2.17. The standard InChI is InChI=1S/C15H18ClNO3/c1-9(5-10(2)18)17-15(19)12-6-11-7-13(16)3-4-14(11)20-8-12/h3-4,6-7,9-10,18H,5,8H2,1-2H3,(H,17,19). The van der Waals surface area contributed by atoms with Crippen molar-refractivity contribution in [2.75, 3.05) is 6.61 Å². The van der Waals surface area contributed by atoms with Crippen LogP contribution in [0.2, 0.25) is 5.02 Å². The summed E-state index contributed by atoms with van der Waals surface area (Å²) in [5, 5.41) is 12.8. The Hall–Kier alpha value is -1.52. The lowest BCUT2D eigenvalue weighted by atomic mass is 10.1. The highest BCUT2D eigenvalue weighted by molar-refractivity contribution is 6.30. The number of fused-ring (bicyclic) bond motifs is 1. The van der Waals surface area contributed by atoms with E-state index in [9.17, 15) is 9.90 Å². The molecule has 1 aromatic carbocycles. The maximum Gasteiger partial charge on any atom is 0.250 e. The first kappa shape index (κ1) is 14.9. The molecular formula is C15H18ClNO3. The number of nitrogens with one attached hydrogen (secondary N) is 1. The summed E-state index contributed by atoms with van der Waals surface area (Å²) in [5.41, 5.74) is 1.36. The SMILES string of the molecule is CC(O)CC(C)NC(=O)C1=Cc2cc(Cl)ccc2OC1. The van der Waals surface area contributed by atoms with Crippen LogP contribution in [0.1, 0.15) is 25.8 Å². The van der Waals surface area contributed by atoms with Gasteiger partial charge in [0.15, 0.2) is 0 Å². The Bertz CT molecular complexity index is 540. The number of ether oxygens (including phenoxy) is 1. The van der Waals surface area contributed by atoms with Crippen LogP contribution in [0.15, 0.2) is 23.8 Å². The van der Waals surface area contributed by atoms with Crippen molar-refractivity contribution in [3.63, 3.8) is 0 Å². The molecular weight excluding hydrogens is 278 g/mol. The average Bonchev–Trinajstić information content (AvgIpc) is 2.36. The Morgan fingerprint density at radius 2 is 2.25 bits per heavy atom. The Labute approximate surface area is 123 Å². The summed E-state index contributed by atoms with van der Waals surface area (Å²) in [5.74, 6) is 0.548. The average molecular weight is 296 g/mol. The Morgan fingerprint density at radius 1 is 1.50 bits per heavy atom. The molecule has 0 aromatic heterocycles. The first-order valence-corrected chi connectivity index (χ1v) is 6.95. The minimum atomic E-state index is -0.443. The molecule has 2 unspecified atom stereocenters. The molecule has 1 heterocycles. The van der Waals surface area contributed by atoms with E-state index in [0.29, 0.717) is 17.0 Å². The smallest absolute Gasteiger partial charge is 0.250 e. The van der Waals surface area contributed by atoms with Gasteiger partial charge in [0, 0.05) is 16.6 Å². The predicted octanol–water partition coefficient (Wildman–Crippen LogP) is 2.39. The van der Waals surface area contributed by atoms with Gasteiger partial charge in [-0.05, 0) is 44.5 Å². The number of carbonyl (C=O) groups is 1. The second-order valence-corrected chi connectivity index (χ2v) is 5.54. The van der Waals surface area contributed by atoms with Crippen molar-refractivity contribution >= 4 is 23.6 Å². The number of hydrogen-bond donors (Lipinski definition) is 2. The first-order valence-electron chi connectivity index (χ1n) is 6.57. The first-order chi connectivity index (χ1) is 9.45. The van der Waals surface area contributed by atoms with E-state index in [1.54, 1.807) is 31.2 Å². The molecule has 2 N–H and O–H groups in total. The number of halogens is 1. The van der Waals surface area contributed by atoms with Gasteiger partial charge in [-0.2, -0.15) is 0 Å². The van der Waals surface area contributed by atoms with E-state index in [0.717, 1.165) is 11.3 Å². The zero-order valence-electron chi connectivity index (χ0n) is 11.5. The van der Waals surface area contributed by atoms with Crippen molar-refractivity contribution in [3.05, 3.63) is 34.4 Å². The van der Waals surface area contributed by atoms with E-state index < -0.39 is 6.10 Å². The highest BCUT2D eigenvalue weighted by Crippen LogP contribution is 2.28. The van der Waals surface area contributed by atoms with Gasteiger partial charge in [0.25, 0.3) is 5.91 Å². The second kappa shape index (κ2) is 6.29. The van der Waals surface area contributed by atoms with E-state index in [-0.39, 0.29) is 18.6 Å². The van der Waals surface area contributed by atoms with Crippen LogP contribution < -0.4 is 10.1 Å². The van der Waals surface area contributed by atoms with Crippen LogP contribution in [0.3, 0.4) is 0 Å². The van der Waals surface area contributed by atoms with Crippen molar-refractivity contribution in [2.24, 2.45) is 0 Å². The quantitative estimate of drug-likeness (QED) is 0.897. The van der Waals surface area contributed by atoms with Crippen molar-refractivity contribution in [2.45, 2.75) is 32.4 Å². The Kier molecular flexibility index (Phi) is 4.68. The van der Waals surface area contributed by atoms with E-state index in [2.05, 4.69) is 5.32 Å². The zero-order valence-corrected chi connectivity index (χ0v) is 12.3. The molecule has 5 heteroatoms. The number of benzene rings is 1. The molecule has 1 aliphatic rings. The molecule has 2 rings (SSSR count). The van der Waals surface area contributed by atoms with E-state index in [1.165, 1.54) is 0 Å². The van der Waals surface area contributed by atoms with Crippen LogP contribution in [-0.2, 0) is 4.79 Å². The molecule has 0 aliphatic carbocycles. The molecule has 108 valence electrons. The number of hydrogen-bond acceptors (Lipinski definition) is 3. The van der Waals surface area contributed by atoms with Crippen LogP contribution >= 0.6 is 11.6 Å². The van der Waals surface area contributed by atoms with Crippen LogP contribution in [0, 0.1) is 0 Å². The van der Waals surface area contributed by atoms with Gasteiger partial charge in [0.1, 0.15) is 12.4 Å². The molecule has 0 saturated carbocycles. The van der Waals surface area contributed by atoms with Gasteiger partial charge in [0.2, 0.25) is 0 Å². The molecule has 1 aromatic rings. The molecule has 0 spiro atoms. The second-order valence-electron chi connectivity index (χ2n) is 5.10. The van der Waals surface area contributed by atoms with E-state index >= 15 is 0 Å². The minimum Gasteiger partial charge on any atom is -0.488 e. The minimum absolute atomic E-state index is 0.0934. The largest absolute Gasteiger partial charge is 0.488 e. The number of aliphatic hydroxyl groups is 1. The van der Waals surface area contributed by atoms with Crippen LogP contribution in [0.25, 0.3) is 6.08 Å². The van der Waals surface area contributed by atoms with Crippen LogP contribution in [-0.4, -0.2) is 29.8 Å². The van der Waals surface area contributed by atoms with Gasteiger partial charge >= 0.3 is 0 Å². The summed E-state index contributed by atoms with van der Waals surface area (Å²) < 4.78 is 5.54. The molecule has 0 fully saturated rings. The summed E-state index contributed by atoms with van der Waals surface area (Å²) in [4.78, 5) is 12.1. The molecule has 20 heavy (non-hydrogen) atoms. The topological polar surface area (TPSA) is 58.6 Å². The summed E-state index contributed by atoms with van der Waals surface area (Å²) in [6, 6.07) is 5.22. The van der Waals surface area contributed by atoms with E-state index in [4.69, 9.17) is 16.3 Å². The summed E-state index contributed by atoms with van der Waals surface area (Å²) in [7, 11) is 0. The predicted molar refractivity (Wildman–Crippen MR) is 78.8 cm³/mol. The third kappa shape index (κ3) is 3.74. The fourth-order valence-corrected chi connectivity index (χ4v) is 2.35. The molecule has 4 nitrogen and oxygen atoms in total. The highest BCUT2D eigenvalue weighted by Gasteiger charge is 2.19. The zero-order chi connectivity index (χ0) is 14.7. The summed E-state index contributed by atoms with van der Waals surface area (Å²) >= 11 is 5.93. The molecule has 1 aliphatic heterocycles. The summed E-state index contributed by atoms with van der Waals surface area (Å²) in [6.45, 7) is 3.80. The molecule has 0 saturated heterocycles. The van der Waals surface area contributed by atoms with Crippen LogP contribution in [0.4, 0.5) is 0 Å². The lowest BCUT2D eigenvalue weighted by molar-refractivity contribution is -0.118. The molecule has 1 amide bonds. The van der Waals surface area contributed by atoms with E-state index in [1.807, 2.05) is 6.92 Å². The lowest BCUT2D eigenvalue weighted by Gasteiger charge is -2.20. The van der Waals surface area contributed by atoms with Crippen molar-refractivity contribution in [3.8, 4) is 5.75 Å². The summed E-state index contributed by atoms with van der Waals surface area (Å²) in [6.07, 6.45) is 1.86. The molecule has 2 atom stereocenters. The number of aliphatic hydroxyl groups excluding tert-OH is 1.